The maximum atomic E-state index is 12.4. The summed E-state index contributed by atoms with van der Waals surface area (Å²) in [6.07, 6.45) is 6.59. The van der Waals surface area contributed by atoms with E-state index in [1.807, 2.05) is 0 Å². The number of nitrogens with zero attached hydrogens (tertiary/aromatic N) is 3. The highest BCUT2D eigenvalue weighted by molar-refractivity contribution is 6.07. The van der Waals surface area contributed by atoms with Crippen molar-refractivity contribution in [1.29, 1.82) is 0 Å². The minimum Gasteiger partial charge on any atom is -0.372 e. The van der Waals surface area contributed by atoms with Crippen LogP contribution in [0.4, 0.5) is 10.6 Å². The third kappa shape index (κ3) is 1.99. The Hall–Kier alpha value is -2.18. The average molecular weight is 275 g/mol. The number of nitrogens with one attached hydrogen (secondary N) is 2. The number of hydrogen-bond donors (Lipinski definition) is 2. The largest absolute Gasteiger partial charge is 0.372 e. The molecule has 0 bridgehead atoms. The standard InChI is InChI=1S/C13H17N5O2/c1-14-10-7-15-9(6-16-10)8-18-11(19)13(17-12(18)20)4-2-3-5-13/h6-7H,2-5,8H2,1H3,(H,14,16)(H,17,20). The maximum absolute atomic E-state index is 12.4. The zero-order valence-corrected chi connectivity index (χ0v) is 11.3. The van der Waals surface area contributed by atoms with Crippen molar-refractivity contribution < 1.29 is 9.59 Å². The van der Waals surface area contributed by atoms with E-state index in [0.29, 0.717) is 11.5 Å². The van der Waals surface area contributed by atoms with Crippen molar-refractivity contribution in [1.82, 2.24) is 20.2 Å². The number of anilines is 1. The van der Waals surface area contributed by atoms with Crippen LogP contribution < -0.4 is 10.6 Å². The minimum atomic E-state index is -0.657. The van der Waals surface area contributed by atoms with Crippen LogP contribution in [0.1, 0.15) is 31.4 Å². The molecule has 1 aromatic rings. The highest BCUT2D eigenvalue weighted by atomic mass is 16.2. The first-order chi connectivity index (χ1) is 9.64. The number of aromatic nitrogens is 2. The first-order valence-electron chi connectivity index (χ1n) is 6.77. The highest BCUT2D eigenvalue weighted by Crippen LogP contribution is 2.35. The van der Waals surface area contributed by atoms with Gasteiger partial charge in [-0.05, 0) is 12.8 Å². The molecule has 7 nitrogen and oxygen atoms in total. The van der Waals surface area contributed by atoms with Crippen LogP contribution in [0.25, 0.3) is 0 Å². The number of amides is 3. The quantitative estimate of drug-likeness (QED) is 0.800. The summed E-state index contributed by atoms with van der Waals surface area (Å²) in [5.41, 5.74) is -0.0577. The topological polar surface area (TPSA) is 87.2 Å². The number of imide groups is 1. The summed E-state index contributed by atoms with van der Waals surface area (Å²) in [4.78, 5) is 34.0. The van der Waals surface area contributed by atoms with Gasteiger partial charge in [-0.25, -0.2) is 9.78 Å². The predicted molar refractivity (Wildman–Crippen MR) is 71.9 cm³/mol. The highest BCUT2D eigenvalue weighted by Gasteiger charge is 2.52. The summed E-state index contributed by atoms with van der Waals surface area (Å²) >= 11 is 0. The zero-order chi connectivity index (χ0) is 14.2. The number of urea groups is 1. The molecule has 106 valence electrons. The molecule has 2 aliphatic rings. The molecule has 3 amide bonds. The van der Waals surface area contributed by atoms with Crippen LogP contribution in [0.3, 0.4) is 0 Å². The van der Waals surface area contributed by atoms with Gasteiger partial charge in [-0.3, -0.25) is 14.7 Å². The molecule has 3 rings (SSSR count). The predicted octanol–water partition coefficient (Wildman–Crippen LogP) is 0.883. The van der Waals surface area contributed by atoms with Gasteiger partial charge in [0.1, 0.15) is 11.4 Å². The van der Waals surface area contributed by atoms with E-state index in [1.54, 1.807) is 19.4 Å². The van der Waals surface area contributed by atoms with Gasteiger partial charge in [-0.1, -0.05) is 12.8 Å². The van der Waals surface area contributed by atoms with Crippen molar-refractivity contribution in [3.63, 3.8) is 0 Å². The molecule has 7 heteroatoms. The third-order valence-corrected chi connectivity index (χ3v) is 3.98. The molecule has 0 unspecified atom stereocenters. The summed E-state index contributed by atoms with van der Waals surface area (Å²) < 4.78 is 0. The number of carbonyl (C=O) groups is 2. The molecule has 2 N–H and O–H groups in total. The molecule has 0 aromatic carbocycles. The Bertz CT molecular complexity index is 536. The van der Waals surface area contributed by atoms with Crippen LogP contribution in [0.15, 0.2) is 12.4 Å². The van der Waals surface area contributed by atoms with Gasteiger partial charge in [-0.2, -0.15) is 0 Å². The van der Waals surface area contributed by atoms with E-state index in [0.717, 1.165) is 25.7 Å². The second-order valence-electron chi connectivity index (χ2n) is 5.25. The lowest BCUT2D eigenvalue weighted by Crippen LogP contribution is -2.44. The van der Waals surface area contributed by atoms with Gasteiger partial charge < -0.3 is 10.6 Å². The van der Waals surface area contributed by atoms with Crippen LogP contribution in [0.2, 0.25) is 0 Å². The van der Waals surface area contributed by atoms with E-state index in [9.17, 15) is 9.59 Å². The Morgan fingerprint density at radius 1 is 1.30 bits per heavy atom. The third-order valence-electron chi connectivity index (χ3n) is 3.98. The fourth-order valence-corrected chi connectivity index (χ4v) is 2.86. The number of carbonyl (C=O) groups excluding carboxylic acids is 2. The van der Waals surface area contributed by atoms with Crippen molar-refractivity contribution in [2.75, 3.05) is 12.4 Å². The Morgan fingerprint density at radius 2 is 2.05 bits per heavy atom. The summed E-state index contributed by atoms with van der Waals surface area (Å²) in [6.45, 7) is 0.170. The minimum absolute atomic E-state index is 0.125. The lowest BCUT2D eigenvalue weighted by molar-refractivity contribution is -0.131. The molecular weight excluding hydrogens is 258 g/mol. The summed E-state index contributed by atoms with van der Waals surface area (Å²) in [5.74, 6) is 0.526. The van der Waals surface area contributed by atoms with Gasteiger partial charge in [0.05, 0.1) is 24.6 Å². The van der Waals surface area contributed by atoms with Crippen molar-refractivity contribution in [3.05, 3.63) is 18.1 Å². The molecule has 0 radical (unpaired) electrons. The van der Waals surface area contributed by atoms with E-state index >= 15 is 0 Å². The van der Waals surface area contributed by atoms with Gasteiger partial charge in [0.15, 0.2) is 0 Å². The van der Waals surface area contributed by atoms with Gasteiger partial charge >= 0.3 is 6.03 Å². The fraction of sp³-hybridized carbons (Fsp3) is 0.538. The molecule has 1 spiro atoms. The Labute approximate surface area is 116 Å². The van der Waals surface area contributed by atoms with E-state index in [4.69, 9.17) is 0 Å². The number of hydrogen-bond acceptors (Lipinski definition) is 5. The zero-order valence-electron chi connectivity index (χ0n) is 11.3. The fourth-order valence-electron chi connectivity index (χ4n) is 2.86. The Morgan fingerprint density at radius 3 is 2.65 bits per heavy atom. The monoisotopic (exact) mass is 275 g/mol. The molecular formula is C13H17N5O2. The second-order valence-corrected chi connectivity index (χ2v) is 5.25. The summed E-state index contributed by atoms with van der Waals surface area (Å²) in [6, 6.07) is -0.323. The van der Waals surface area contributed by atoms with Crippen molar-refractivity contribution in [3.8, 4) is 0 Å². The number of rotatable bonds is 3. The molecule has 1 saturated carbocycles. The smallest absolute Gasteiger partial charge is 0.325 e. The lowest BCUT2D eigenvalue weighted by Gasteiger charge is -2.19. The lowest BCUT2D eigenvalue weighted by atomic mass is 9.98. The SMILES string of the molecule is CNc1cnc(CN2C(=O)NC3(CCCC3)C2=O)cn1. The van der Waals surface area contributed by atoms with E-state index in [2.05, 4.69) is 20.6 Å². The summed E-state index contributed by atoms with van der Waals surface area (Å²) in [5, 5.41) is 5.72. The van der Waals surface area contributed by atoms with Crippen molar-refractivity contribution >= 4 is 17.8 Å². The van der Waals surface area contributed by atoms with Crippen molar-refractivity contribution in [2.24, 2.45) is 0 Å². The van der Waals surface area contributed by atoms with Crippen LogP contribution in [0.5, 0.6) is 0 Å². The average Bonchev–Trinajstić information content (AvgIpc) is 3.01. The molecule has 1 saturated heterocycles. The Kier molecular flexibility index (Phi) is 3.04. The molecule has 20 heavy (non-hydrogen) atoms. The normalized spacial score (nSPS) is 20.6. The molecule has 1 aliphatic heterocycles. The second kappa shape index (κ2) is 4.73. The van der Waals surface area contributed by atoms with Crippen LogP contribution in [-0.4, -0.2) is 39.4 Å². The molecule has 0 atom stereocenters. The first-order valence-corrected chi connectivity index (χ1v) is 6.77. The van der Waals surface area contributed by atoms with Gasteiger partial charge in [-0.15, -0.1) is 0 Å². The summed E-state index contributed by atoms with van der Waals surface area (Å²) in [7, 11) is 1.75. The molecule has 2 heterocycles. The van der Waals surface area contributed by atoms with Crippen LogP contribution in [0, 0.1) is 0 Å². The molecule has 2 fully saturated rings. The molecule has 1 aromatic heterocycles. The first kappa shape index (κ1) is 12.8. The van der Waals surface area contributed by atoms with Gasteiger partial charge in [0.25, 0.3) is 5.91 Å². The Balaban J connectivity index is 1.76. The van der Waals surface area contributed by atoms with E-state index < -0.39 is 5.54 Å². The van der Waals surface area contributed by atoms with Crippen LogP contribution >= 0.6 is 0 Å². The van der Waals surface area contributed by atoms with Crippen molar-refractivity contribution in [2.45, 2.75) is 37.8 Å². The van der Waals surface area contributed by atoms with Crippen LogP contribution in [-0.2, 0) is 11.3 Å². The van der Waals surface area contributed by atoms with E-state index in [-0.39, 0.29) is 18.5 Å². The van der Waals surface area contributed by atoms with E-state index in [1.165, 1.54) is 4.90 Å². The maximum Gasteiger partial charge on any atom is 0.325 e. The molecule has 1 aliphatic carbocycles. The van der Waals surface area contributed by atoms with Gasteiger partial charge in [0, 0.05) is 7.05 Å². The van der Waals surface area contributed by atoms with Gasteiger partial charge in [0.2, 0.25) is 0 Å².